The van der Waals surface area contributed by atoms with Crippen LogP contribution in [0.25, 0.3) is 0 Å². The Morgan fingerprint density at radius 3 is 2.90 bits per heavy atom. The first-order valence-corrected chi connectivity index (χ1v) is 6.53. The number of pyridine rings is 1. The molecule has 2 heterocycles. The van der Waals surface area contributed by atoms with Gasteiger partial charge >= 0.3 is 0 Å². The number of oxazole rings is 1. The monoisotopic (exact) mass is 274 g/mol. The Hall–Kier alpha value is -2.37. The first-order valence-electron chi connectivity index (χ1n) is 6.53. The maximum Gasteiger partial charge on any atom is 0.252 e. The highest BCUT2D eigenvalue weighted by atomic mass is 16.4. The fraction of sp³-hybridized carbons (Fsp3) is 0.357. The van der Waals surface area contributed by atoms with Gasteiger partial charge < -0.3 is 15.1 Å². The molecule has 2 N–H and O–H groups in total. The minimum Gasteiger partial charge on any atom is -0.444 e. The molecule has 0 aliphatic carbocycles. The highest BCUT2D eigenvalue weighted by molar-refractivity contribution is 5.94. The second kappa shape index (κ2) is 6.18. The van der Waals surface area contributed by atoms with Crippen molar-refractivity contribution in [3.63, 3.8) is 0 Å². The molecule has 6 nitrogen and oxygen atoms in total. The molecule has 2 aromatic heterocycles. The van der Waals surface area contributed by atoms with Gasteiger partial charge in [0.1, 0.15) is 17.6 Å². The number of amides is 1. The summed E-state index contributed by atoms with van der Waals surface area (Å²) < 4.78 is 5.39. The summed E-state index contributed by atoms with van der Waals surface area (Å²) >= 11 is 0. The van der Waals surface area contributed by atoms with Crippen LogP contribution in [-0.4, -0.2) is 22.4 Å². The largest absolute Gasteiger partial charge is 0.444 e. The molecular weight excluding hydrogens is 256 g/mol. The lowest BCUT2D eigenvalue weighted by Crippen LogP contribution is -2.27. The van der Waals surface area contributed by atoms with Crippen molar-refractivity contribution in [2.45, 2.75) is 26.8 Å². The number of hydrogen-bond acceptors (Lipinski definition) is 5. The number of aryl methyl sites for hydroxylation is 1. The van der Waals surface area contributed by atoms with Crippen molar-refractivity contribution in [3.8, 4) is 0 Å². The average Bonchev–Trinajstić information content (AvgIpc) is 2.86. The molecule has 0 spiro atoms. The molecule has 0 aliphatic rings. The van der Waals surface area contributed by atoms with Gasteiger partial charge in [0.2, 0.25) is 5.89 Å². The molecule has 0 saturated carbocycles. The van der Waals surface area contributed by atoms with Crippen molar-refractivity contribution in [3.05, 3.63) is 41.7 Å². The second-order valence-corrected chi connectivity index (χ2v) is 4.46. The van der Waals surface area contributed by atoms with Crippen molar-refractivity contribution >= 4 is 11.7 Å². The van der Waals surface area contributed by atoms with Crippen LogP contribution in [-0.2, 0) is 0 Å². The van der Waals surface area contributed by atoms with Gasteiger partial charge in [-0.2, -0.15) is 0 Å². The summed E-state index contributed by atoms with van der Waals surface area (Å²) in [5, 5.41) is 5.91. The molecule has 0 aliphatic heterocycles. The number of nitrogens with one attached hydrogen (secondary N) is 2. The van der Waals surface area contributed by atoms with Gasteiger partial charge in [-0.3, -0.25) is 4.79 Å². The Morgan fingerprint density at radius 1 is 1.45 bits per heavy atom. The van der Waals surface area contributed by atoms with Gasteiger partial charge in [0.05, 0.1) is 6.20 Å². The van der Waals surface area contributed by atoms with Gasteiger partial charge in [-0.1, -0.05) is 0 Å². The third kappa shape index (κ3) is 3.34. The van der Waals surface area contributed by atoms with E-state index in [2.05, 4.69) is 20.6 Å². The van der Waals surface area contributed by atoms with Crippen molar-refractivity contribution < 1.29 is 9.21 Å². The van der Waals surface area contributed by atoms with Crippen LogP contribution in [0.5, 0.6) is 0 Å². The number of anilines is 1. The van der Waals surface area contributed by atoms with E-state index >= 15 is 0 Å². The van der Waals surface area contributed by atoms with Crippen LogP contribution in [0.2, 0.25) is 0 Å². The fourth-order valence-electron chi connectivity index (χ4n) is 1.76. The van der Waals surface area contributed by atoms with E-state index in [0.29, 0.717) is 17.3 Å². The van der Waals surface area contributed by atoms with E-state index in [1.165, 1.54) is 0 Å². The molecule has 0 radical (unpaired) electrons. The minimum atomic E-state index is -0.285. The van der Waals surface area contributed by atoms with Gasteiger partial charge in [0.15, 0.2) is 0 Å². The van der Waals surface area contributed by atoms with Gasteiger partial charge in [0.25, 0.3) is 5.91 Å². The molecule has 1 amide bonds. The minimum absolute atomic E-state index is 0.185. The maximum absolute atomic E-state index is 12.2. The summed E-state index contributed by atoms with van der Waals surface area (Å²) in [5.41, 5.74) is 0.547. The van der Waals surface area contributed by atoms with E-state index in [1.54, 1.807) is 24.5 Å². The molecule has 106 valence electrons. The zero-order valence-electron chi connectivity index (χ0n) is 11.8. The van der Waals surface area contributed by atoms with Crippen molar-refractivity contribution in [2.75, 3.05) is 11.9 Å². The van der Waals surface area contributed by atoms with Gasteiger partial charge in [0, 0.05) is 18.3 Å². The normalized spacial score (nSPS) is 11.9. The molecule has 1 atom stereocenters. The summed E-state index contributed by atoms with van der Waals surface area (Å²) in [6, 6.07) is 3.10. The van der Waals surface area contributed by atoms with E-state index in [1.807, 2.05) is 20.8 Å². The molecule has 0 saturated heterocycles. The van der Waals surface area contributed by atoms with E-state index in [0.717, 1.165) is 12.3 Å². The van der Waals surface area contributed by atoms with Crippen molar-refractivity contribution in [1.29, 1.82) is 0 Å². The number of carbonyl (C=O) groups excluding carboxylic acids is 1. The predicted octanol–water partition coefficient (Wildman–Crippen LogP) is 2.30. The van der Waals surface area contributed by atoms with Crippen LogP contribution in [0.1, 0.15) is 41.9 Å². The summed E-state index contributed by atoms with van der Waals surface area (Å²) in [4.78, 5) is 20.4. The van der Waals surface area contributed by atoms with E-state index in [-0.39, 0.29) is 11.9 Å². The fourth-order valence-corrected chi connectivity index (χ4v) is 1.76. The number of aromatic nitrogens is 2. The smallest absolute Gasteiger partial charge is 0.252 e. The lowest BCUT2D eigenvalue weighted by atomic mass is 10.2. The van der Waals surface area contributed by atoms with E-state index in [4.69, 9.17) is 4.42 Å². The summed E-state index contributed by atoms with van der Waals surface area (Å²) in [7, 11) is 0. The number of nitrogens with zero attached hydrogens (tertiary/aromatic N) is 2. The SMILES string of the molecule is CCNc1cc(C(=O)NC(C)c2ncc(C)o2)ccn1. The Balaban J connectivity index is 2.06. The molecule has 6 heteroatoms. The van der Waals surface area contributed by atoms with E-state index in [9.17, 15) is 4.79 Å². The summed E-state index contributed by atoms with van der Waals surface area (Å²) in [6.07, 6.45) is 3.24. The van der Waals surface area contributed by atoms with Gasteiger partial charge in [-0.25, -0.2) is 9.97 Å². The standard InChI is InChI=1S/C14H18N4O2/c1-4-15-12-7-11(5-6-16-12)13(19)18-10(3)14-17-8-9(2)20-14/h5-8,10H,4H2,1-3H3,(H,15,16)(H,18,19). The van der Waals surface area contributed by atoms with Crippen LogP contribution in [0.15, 0.2) is 28.9 Å². The quantitative estimate of drug-likeness (QED) is 0.874. The molecule has 0 bridgehead atoms. The lowest BCUT2D eigenvalue weighted by molar-refractivity contribution is 0.0934. The predicted molar refractivity (Wildman–Crippen MR) is 75.5 cm³/mol. The Labute approximate surface area is 117 Å². The summed E-state index contributed by atoms with van der Waals surface area (Å²) in [5.74, 6) is 1.71. The Bertz CT molecular complexity index is 594. The highest BCUT2D eigenvalue weighted by Crippen LogP contribution is 2.13. The average molecular weight is 274 g/mol. The van der Waals surface area contributed by atoms with E-state index < -0.39 is 0 Å². The van der Waals surface area contributed by atoms with Crippen LogP contribution in [0.4, 0.5) is 5.82 Å². The molecule has 0 fully saturated rings. The third-order valence-electron chi connectivity index (χ3n) is 2.74. The Kier molecular flexibility index (Phi) is 4.34. The summed E-state index contributed by atoms with van der Waals surface area (Å²) in [6.45, 7) is 6.37. The van der Waals surface area contributed by atoms with Crippen molar-refractivity contribution in [1.82, 2.24) is 15.3 Å². The number of rotatable bonds is 5. The molecule has 2 rings (SSSR count). The van der Waals surface area contributed by atoms with Crippen LogP contribution in [0, 0.1) is 6.92 Å². The third-order valence-corrected chi connectivity index (χ3v) is 2.74. The number of carbonyl (C=O) groups is 1. The first kappa shape index (κ1) is 14.0. The zero-order valence-corrected chi connectivity index (χ0v) is 11.8. The Morgan fingerprint density at radius 2 is 2.25 bits per heavy atom. The molecule has 20 heavy (non-hydrogen) atoms. The first-order chi connectivity index (χ1) is 9.60. The topological polar surface area (TPSA) is 80.0 Å². The molecular formula is C14H18N4O2. The van der Waals surface area contributed by atoms with Gasteiger partial charge in [-0.15, -0.1) is 0 Å². The van der Waals surface area contributed by atoms with Crippen LogP contribution < -0.4 is 10.6 Å². The second-order valence-electron chi connectivity index (χ2n) is 4.46. The highest BCUT2D eigenvalue weighted by Gasteiger charge is 2.15. The molecule has 2 aromatic rings. The molecule has 0 aromatic carbocycles. The van der Waals surface area contributed by atoms with Crippen LogP contribution >= 0.6 is 0 Å². The van der Waals surface area contributed by atoms with Crippen molar-refractivity contribution in [2.24, 2.45) is 0 Å². The zero-order chi connectivity index (χ0) is 14.5. The number of hydrogen-bond donors (Lipinski definition) is 2. The maximum atomic E-state index is 12.2. The van der Waals surface area contributed by atoms with Gasteiger partial charge in [-0.05, 0) is 32.9 Å². The molecule has 1 unspecified atom stereocenters. The lowest BCUT2D eigenvalue weighted by Gasteiger charge is -2.11. The van der Waals surface area contributed by atoms with Crippen LogP contribution in [0.3, 0.4) is 0 Å².